The number of fused-ring (bicyclic) bond motifs is 1. The standard InChI is InChI=1S/C10H11NO2/c1-7-6-13-10-4-3-8(12-2)5-9(10)11-7/h3-5H,6H2,1-2H3. The van der Waals surface area contributed by atoms with Gasteiger partial charge in [-0.3, -0.25) is 4.99 Å². The topological polar surface area (TPSA) is 30.8 Å². The van der Waals surface area contributed by atoms with E-state index in [0.29, 0.717) is 6.61 Å². The number of ether oxygens (including phenoxy) is 2. The molecule has 1 aliphatic rings. The Kier molecular flexibility index (Phi) is 1.93. The number of methoxy groups -OCH3 is 1. The second-order valence-corrected chi connectivity index (χ2v) is 2.97. The zero-order valence-corrected chi connectivity index (χ0v) is 7.70. The third-order valence-corrected chi connectivity index (χ3v) is 1.91. The first-order valence-corrected chi connectivity index (χ1v) is 4.14. The van der Waals surface area contributed by atoms with Crippen LogP contribution in [0.15, 0.2) is 23.2 Å². The van der Waals surface area contributed by atoms with Crippen molar-refractivity contribution in [3.8, 4) is 11.5 Å². The van der Waals surface area contributed by atoms with Gasteiger partial charge in [0.15, 0.2) is 0 Å². The molecule has 1 aromatic rings. The number of aliphatic imine (C=N–C) groups is 1. The van der Waals surface area contributed by atoms with Crippen molar-refractivity contribution in [3.63, 3.8) is 0 Å². The molecule has 13 heavy (non-hydrogen) atoms. The number of nitrogens with zero attached hydrogens (tertiary/aromatic N) is 1. The van der Waals surface area contributed by atoms with E-state index >= 15 is 0 Å². The highest BCUT2D eigenvalue weighted by molar-refractivity contribution is 5.88. The lowest BCUT2D eigenvalue weighted by atomic mass is 10.2. The molecule has 3 heteroatoms. The van der Waals surface area contributed by atoms with Crippen LogP contribution < -0.4 is 9.47 Å². The fourth-order valence-electron chi connectivity index (χ4n) is 1.25. The molecule has 0 spiro atoms. The van der Waals surface area contributed by atoms with Crippen molar-refractivity contribution >= 4 is 11.4 Å². The van der Waals surface area contributed by atoms with Crippen molar-refractivity contribution in [2.75, 3.05) is 13.7 Å². The molecular formula is C10H11NO2. The van der Waals surface area contributed by atoms with Gasteiger partial charge in [-0.25, -0.2) is 0 Å². The van der Waals surface area contributed by atoms with Crippen molar-refractivity contribution in [2.45, 2.75) is 6.92 Å². The molecule has 3 nitrogen and oxygen atoms in total. The summed E-state index contributed by atoms with van der Waals surface area (Å²) in [6.07, 6.45) is 0. The van der Waals surface area contributed by atoms with Gasteiger partial charge in [-0.15, -0.1) is 0 Å². The third kappa shape index (κ3) is 1.49. The summed E-state index contributed by atoms with van der Waals surface area (Å²) in [5.41, 5.74) is 1.84. The average Bonchev–Trinajstić information content (AvgIpc) is 2.16. The predicted octanol–water partition coefficient (Wildman–Crippen LogP) is 2.18. The van der Waals surface area contributed by atoms with Crippen LogP contribution in [0.25, 0.3) is 0 Å². The SMILES string of the molecule is COc1ccc2c(c1)N=C(C)CO2. The van der Waals surface area contributed by atoms with E-state index in [1.807, 2.05) is 25.1 Å². The van der Waals surface area contributed by atoms with Crippen LogP contribution in [0.1, 0.15) is 6.92 Å². The Balaban J connectivity index is 2.45. The average molecular weight is 177 g/mol. The van der Waals surface area contributed by atoms with Crippen LogP contribution in [0.3, 0.4) is 0 Å². The Hall–Kier alpha value is -1.51. The van der Waals surface area contributed by atoms with Crippen LogP contribution in [0, 0.1) is 0 Å². The molecule has 68 valence electrons. The minimum absolute atomic E-state index is 0.583. The highest BCUT2D eigenvalue weighted by Crippen LogP contribution is 2.33. The fourth-order valence-corrected chi connectivity index (χ4v) is 1.25. The summed E-state index contributed by atoms with van der Waals surface area (Å²) in [5.74, 6) is 1.63. The first kappa shape index (κ1) is 8.10. The molecule has 0 fully saturated rings. The van der Waals surface area contributed by atoms with Crippen molar-refractivity contribution in [3.05, 3.63) is 18.2 Å². The number of hydrogen-bond acceptors (Lipinski definition) is 3. The normalized spacial score (nSPS) is 14.2. The van der Waals surface area contributed by atoms with Crippen LogP contribution in [-0.4, -0.2) is 19.4 Å². The molecule has 2 rings (SSSR count). The zero-order chi connectivity index (χ0) is 9.26. The molecule has 0 atom stereocenters. The maximum Gasteiger partial charge on any atom is 0.145 e. The van der Waals surface area contributed by atoms with Crippen molar-refractivity contribution in [1.29, 1.82) is 0 Å². The second kappa shape index (κ2) is 3.09. The quantitative estimate of drug-likeness (QED) is 0.658. The lowest BCUT2D eigenvalue weighted by Gasteiger charge is -2.15. The third-order valence-electron chi connectivity index (χ3n) is 1.91. The molecule has 0 N–H and O–H groups in total. The number of hydrogen-bond donors (Lipinski definition) is 0. The van der Waals surface area contributed by atoms with E-state index in [4.69, 9.17) is 9.47 Å². The molecular weight excluding hydrogens is 166 g/mol. The summed E-state index contributed by atoms with van der Waals surface area (Å²) in [5, 5.41) is 0. The number of benzene rings is 1. The van der Waals surface area contributed by atoms with E-state index in [2.05, 4.69) is 4.99 Å². The highest BCUT2D eigenvalue weighted by atomic mass is 16.5. The maximum absolute atomic E-state index is 5.45. The van der Waals surface area contributed by atoms with Gasteiger partial charge in [0.05, 0.1) is 12.8 Å². The molecule has 0 aliphatic carbocycles. The summed E-state index contributed by atoms with van der Waals surface area (Å²) >= 11 is 0. The van der Waals surface area contributed by atoms with Crippen molar-refractivity contribution < 1.29 is 9.47 Å². The van der Waals surface area contributed by atoms with E-state index in [9.17, 15) is 0 Å². The molecule has 0 amide bonds. The van der Waals surface area contributed by atoms with Gasteiger partial charge in [0.25, 0.3) is 0 Å². The molecule has 0 saturated carbocycles. The first-order valence-electron chi connectivity index (χ1n) is 4.14. The molecule has 1 heterocycles. The van der Waals surface area contributed by atoms with Gasteiger partial charge in [0.2, 0.25) is 0 Å². The van der Waals surface area contributed by atoms with Gasteiger partial charge in [-0.1, -0.05) is 0 Å². The molecule has 0 bridgehead atoms. The van der Waals surface area contributed by atoms with Crippen molar-refractivity contribution in [2.24, 2.45) is 4.99 Å². The van der Waals surface area contributed by atoms with Gasteiger partial charge >= 0.3 is 0 Å². The van der Waals surface area contributed by atoms with Gasteiger partial charge in [-0.2, -0.15) is 0 Å². The van der Waals surface area contributed by atoms with E-state index in [1.54, 1.807) is 7.11 Å². The Morgan fingerprint density at radius 3 is 3.08 bits per heavy atom. The van der Waals surface area contributed by atoms with Crippen LogP contribution in [0.5, 0.6) is 11.5 Å². The molecule has 0 aromatic heterocycles. The first-order chi connectivity index (χ1) is 6.29. The summed E-state index contributed by atoms with van der Waals surface area (Å²) in [6.45, 7) is 2.53. The molecule has 0 saturated heterocycles. The monoisotopic (exact) mass is 177 g/mol. The van der Waals surface area contributed by atoms with E-state index in [0.717, 1.165) is 22.9 Å². The van der Waals surface area contributed by atoms with Gasteiger partial charge in [0, 0.05) is 6.07 Å². The van der Waals surface area contributed by atoms with Crippen LogP contribution in [0.4, 0.5) is 5.69 Å². The van der Waals surface area contributed by atoms with Crippen LogP contribution in [-0.2, 0) is 0 Å². The maximum atomic E-state index is 5.45. The summed E-state index contributed by atoms with van der Waals surface area (Å²) in [6, 6.07) is 5.62. The van der Waals surface area contributed by atoms with Crippen LogP contribution >= 0.6 is 0 Å². The summed E-state index contributed by atoms with van der Waals surface area (Å²) in [4.78, 5) is 4.37. The fraction of sp³-hybridized carbons (Fsp3) is 0.300. The lowest BCUT2D eigenvalue weighted by molar-refractivity contribution is 0.369. The largest absolute Gasteiger partial charge is 0.497 e. The zero-order valence-electron chi connectivity index (χ0n) is 7.70. The Bertz CT molecular complexity index is 358. The van der Waals surface area contributed by atoms with E-state index in [-0.39, 0.29) is 0 Å². The van der Waals surface area contributed by atoms with Crippen LogP contribution in [0.2, 0.25) is 0 Å². The Morgan fingerprint density at radius 1 is 1.46 bits per heavy atom. The van der Waals surface area contributed by atoms with Gasteiger partial charge < -0.3 is 9.47 Å². The summed E-state index contributed by atoms with van der Waals surface area (Å²) < 4.78 is 10.5. The molecule has 0 unspecified atom stereocenters. The van der Waals surface area contributed by atoms with Crippen molar-refractivity contribution in [1.82, 2.24) is 0 Å². The summed E-state index contributed by atoms with van der Waals surface area (Å²) in [7, 11) is 1.64. The minimum Gasteiger partial charge on any atom is -0.497 e. The minimum atomic E-state index is 0.583. The second-order valence-electron chi connectivity index (χ2n) is 2.97. The molecule has 1 aromatic carbocycles. The smallest absolute Gasteiger partial charge is 0.145 e. The Morgan fingerprint density at radius 2 is 2.31 bits per heavy atom. The lowest BCUT2D eigenvalue weighted by Crippen LogP contribution is -2.11. The number of rotatable bonds is 1. The highest BCUT2D eigenvalue weighted by Gasteiger charge is 2.10. The van der Waals surface area contributed by atoms with Gasteiger partial charge in [-0.05, 0) is 19.1 Å². The Labute approximate surface area is 77.0 Å². The van der Waals surface area contributed by atoms with Gasteiger partial charge in [0.1, 0.15) is 23.8 Å². The van der Waals surface area contributed by atoms with E-state index in [1.165, 1.54) is 0 Å². The van der Waals surface area contributed by atoms with E-state index < -0.39 is 0 Å². The molecule has 1 aliphatic heterocycles. The predicted molar refractivity (Wildman–Crippen MR) is 51.3 cm³/mol. The molecule has 0 radical (unpaired) electrons.